The molecule has 3 aromatic carbocycles. The number of carbonyl (C=O) groups is 1. The fourth-order valence-corrected chi connectivity index (χ4v) is 3.52. The van der Waals surface area contributed by atoms with Crippen molar-refractivity contribution in [2.75, 3.05) is 7.11 Å². The highest BCUT2D eigenvalue weighted by Crippen LogP contribution is 2.33. The van der Waals surface area contributed by atoms with E-state index in [0.717, 1.165) is 32.0 Å². The van der Waals surface area contributed by atoms with Crippen LogP contribution < -0.4 is 0 Å². The Morgan fingerprint density at radius 3 is 2.08 bits per heavy atom. The van der Waals surface area contributed by atoms with Crippen molar-refractivity contribution in [1.29, 1.82) is 0 Å². The number of benzene rings is 3. The van der Waals surface area contributed by atoms with E-state index >= 15 is 0 Å². The summed E-state index contributed by atoms with van der Waals surface area (Å²) in [5.74, 6) is -0.354. The minimum absolute atomic E-state index is 0.354. The number of ether oxygens (including phenoxy) is 1. The van der Waals surface area contributed by atoms with E-state index in [1.165, 1.54) is 7.11 Å². The van der Waals surface area contributed by atoms with Gasteiger partial charge >= 0.3 is 5.97 Å². The second-order valence-corrected chi connectivity index (χ2v) is 6.44. The van der Waals surface area contributed by atoms with Crippen molar-refractivity contribution in [2.45, 2.75) is 0 Å². The molecule has 0 saturated carbocycles. The Kier molecular flexibility index (Phi) is 3.62. The highest BCUT2D eigenvalue weighted by molar-refractivity contribution is 9.10. The Labute approximate surface area is 147 Å². The summed E-state index contributed by atoms with van der Waals surface area (Å²) in [6, 6.07) is 22.1. The van der Waals surface area contributed by atoms with E-state index in [9.17, 15) is 4.79 Å². The number of fused-ring (bicyclic) bond motifs is 3. The molecular formula is C20H14BrNO2. The molecule has 0 aliphatic rings. The van der Waals surface area contributed by atoms with Gasteiger partial charge in [0.05, 0.1) is 29.4 Å². The lowest BCUT2D eigenvalue weighted by Crippen LogP contribution is -2.07. The predicted molar refractivity (Wildman–Crippen MR) is 99.8 cm³/mol. The van der Waals surface area contributed by atoms with Gasteiger partial charge in [0.25, 0.3) is 0 Å². The Morgan fingerprint density at radius 1 is 0.917 bits per heavy atom. The van der Waals surface area contributed by atoms with E-state index in [1.807, 2.05) is 36.4 Å². The zero-order chi connectivity index (χ0) is 16.7. The number of carbonyl (C=O) groups excluding carboxylic acids is 1. The van der Waals surface area contributed by atoms with Crippen LogP contribution in [-0.2, 0) is 4.74 Å². The third-order valence-corrected chi connectivity index (χ3v) is 4.68. The van der Waals surface area contributed by atoms with Crippen molar-refractivity contribution in [1.82, 2.24) is 4.57 Å². The lowest BCUT2D eigenvalue weighted by atomic mass is 10.1. The zero-order valence-corrected chi connectivity index (χ0v) is 14.6. The molecule has 118 valence electrons. The summed E-state index contributed by atoms with van der Waals surface area (Å²) in [5.41, 5.74) is 3.46. The molecule has 0 atom stereocenters. The summed E-state index contributed by atoms with van der Waals surface area (Å²) in [6.45, 7) is 0. The van der Waals surface area contributed by atoms with Crippen molar-refractivity contribution in [3.05, 3.63) is 76.8 Å². The SMILES string of the molecule is COC(=O)c1cc(Br)ccc1-n1c2ccccc2c2ccccc21. The first-order valence-corrected chi connectivity index (χ1v) is 8.36. The van der Waals surface area contributed by atoms with Gasteiger partial charge in [0.2, 0.25) is 0 Å². The number of aromatic nitrogens is 1. The molecule has 1 heterocycles. The van der Waals surface area contributed by atoms with Crippen molar-refractivity contribution >= 4 is 43.7 Å². The Balaban J connectivity index is 2.16. The molecule has 0 N–H and O–H groups in total. The van der Waals surface area contributed by atoms with Crippen molar-refractivity contribution in [2.24, 2.45) is 0 Å². The van der Waals surface area contributed by atoms with Crippen LogP contribution >= 0.6 is 15.9 Å². The topological polar surface area (TPSA) is 31.2 Å². The van der Waals surface area contributed by atoms with Gasteiger partial charge in [0.1, 0.15) is 0 Å². The molecule has 0 aliphatic carbocycles. The summed E-state index contributed by atoms with van der Waals surface area (Å²) >= 11 is 3.44. The molecule has 0 amide bonds. The summed E-state index contributed by atoms with van der Waals surface area (Å²) in [6.07, 6.45) is 0. The second kappa shape index (κ2) is 5.80. The molecule has 0 saturated heterocycles. The van der Waals surface area contributed by atoms with E-state index < -0.39 is 0 Å². The van der Waals surface area contributed by atoms with Crippen LogP contribution in [0.3, 0.4) is 0 Å². The molecule has 24 heavy (non-hydrogen) atoms. The number of rotatable bonds is 2. The summed E-state index contributed by atoms with van der Waals surface area (Å²) in [4.78, 5) is 12.3. The van der Waals surface area contributed by atoms with E-state index in [2.05, 4.69) is 44.8 Å². The fourth-order valence-electron chi connectivity index (χ4n) is 3.16. The number of hydrogen-bond acceptors (Lipinski definition) is 2. The molecule has 0 unspecified atom stereocenters. The predicted octanol–water partition coefficient (Wildman–Crippen LogP) is 5.33. The molecular weight excluding hydrogens is 366 g/mol. The largest absolute Gasteiger partial charge is 0.465 e. The third kappa shape index (κ3) is 2.22. The van der Waals surface area contributed by atoms with Gasteiger partial charge in [0, 0.05) is 15.2 Å². The van der Waals surface area contributed by atoms with Gasteiger partial charge in [-0.25, -0.2) is 4.79 Å². The highest BCUT2D eigenvalue weighted by atomic mass is 79.9. The van der Waals surface area contributed by atoms with Crippen molar-refractivity contribution < 1.29 is 9.53 Å². The quantitative estimate of drug-likeness (QED) is 0.440. The molecule has 4 rings (SSSR count). The molecule has 0 spiro atoms. The van der Waals surface area contributed by atoms with Crippen LogP contribution in [0, 0.1) is 0 Å². The van der Waals surface area contributed by atoms with Gasteiger partial charge in [-0.1, -0.05) is 52.3 Å². The van der Waals surface area contributed by atoms with Crippen LogP contribution in [0.1, 0.15) is 10.4 Å². The van der Waals surface area contributed by atoms with Crippen LogP contribution in [0.5, 0.6) is 0 Å². The number of nitrogens with zero attached hydrogens (tertiary/aromatic N) is 1. The van der Waals surface area contributed by atoms with E-state index in [0.29, 0.717) is 5.56 Å². The Morgan fingerprint density at radius 2 is 1.50 bits per heavy atom. The maximum atomic E-state index is 12.3. The van der Waals surface area contributed by atoms with E-state index in [4.69, 9.17) is 4.74 Å². The number of halogens is 1. The lowest BCUT2D eigenvalue weighted by Gasteiger charge is -2.12. The van der Waals surface area contributed by atoms with Crippen LogP contribution in [0.15, 0.2) is 71.2 Å². The number of esters is 1. The van der Waals surface area contributed by atoms with Crippen LogP contribution in [0.25, 0.3) is 27.5 Å². The average Bonchev–Trinajstić information content (AvgIpc) is 2.96. The average molecular weight is 380 g/mol. The molecule has 0 fully saturated rings. The third-order valence-electron chi connectivity index (χ3n) is 4.18. The van der Waals surface area contributed by atoms with E-state index in [1.54, 1.807) is 6.07 Å². The number of methoxy groups -OCH3 is 1. The molecule has 0 aliphatic heterocycles. The lowest BCUT2D eigenvalue weighted by molar-refractivity contribution is 0.0601. The second-order valence-electron chi connectivity index (χ2n) is 5.52. The normalized spacial score (nSPS) is 11.1. The number of para-hydroxylation sites is 2. The monoisotopic (exact) mass is 379 g/mol. The zero-order valence-electron chi connectivity index (χ0n) is 13.0. The van der Waals surface area contributed by atoms with Gasteiger partial charge in [-0.05, 0) is 30.3 Å². The van der Waals surface area contributed by atoms with Crippen LogP contribution in [0.4, 0.5) is 0 Å². The van der Waals surface area contributed by atoms with Gasteiger partial charge in [-0.2, -0.15) is 0 Å². The Bertz CT molecular complexity index is 1030. The highest BCUT2D eigenvalue weighted by Gasteiger charge is 2.18. The van der Waals surface area contributed by atoms with Gasteiger partial charge in [-0.3, -0.25) is 0 Å². The minimum atomic E-state index is -0.354. The van der Waals surface area contributed by atoms with Crippen LogP contribution in [0.2, 0.25) is 0 Å². The molecule has 3 nitrogen and oxygen atoms in total. The first-order valence-electron chi connectivity index (χ1n) is 7.57. The van der Waals surface area contributed by atoms with E-state index in [-0.39, 0.29) is 5.97 Å². The summed E-state index contributed by atoms with van der Waals surface area (Å²) in [5, 5.41) is 2.32. The maximum absolute atomic E-state index is 12.3. The van der Waals surface area contributed by atoms with Gasteiger partial charge in [-0.15, -0.1) is 0 Å². The maximum Gasteiger partial charge on any atom is 0.340 e. The fraction of sp³-hybridized carbons (Fsp3) is 0.0500. The van der Waals surface area contributed by atoms with Crippen LogP contribution in [-0.4, -0.2) is 17.6 Å². The number of hydrogen-bond donors (Lipinski definition) is 0. The van der Waals surface area contributed by atoms with Crippen molar-refractivity contribution in [3.8, 4) is 5.69 Å². The molecule has 0 radical (unpaired) electrons. The molecule has 4 heteroatoms. The minimum Gasteiger partial charge on any atom is -0.465 e. The van der Waals surface area contributed by atoms with Gasteiger partial charge < -0.3 is 9.30 Å². The Hall–Kier alpha value is -2.59. The molecule has 0 bridgehead atoms. The molecule has 1 aromatic heterocycles. The summed E-state index contributed by atoms with van der Waals surface area (Å²) < 4.78 is 7.94. The van der Waals surface area contributed by atoms with Gasteiger partial charge in [0.15, 0.2) is 0 Å². The molecule has 4 aromatic rings. The standard InChI is InChI=1S/C20H14BrNO2/c1-24-20(23)16-12-13(21)10-11-19(16)22-17-8-4-2-6-14(17)15-7-3-5-9-18(15)22/h2-12H,1H3. The first-order chi connectivity index (χ1) is 11.7. The van der Waals surface area contributed by atoms with Crippen molar-refractivity contribution in [3.63, 3.8) is 0 Å². The summed E-state index contributed by atoms with van der Waals surface area (Å²) in [7, 11) is 1.40. The smallest absolute Gasteiger partial charge is 0.340 e. The first kappa shape index (κ1) is 15.0.